The van der Waals surface area contributed by atoms with Crippen molar-refractivity contribution >= 4 is 11.9 Å². The minimum atomic E-state index is -0.751. The topological polar surface area (TPSA) is 66.8 Å². The quantitative estimate of drug-likeness (QED) is 0.853. The van der Waals surface area contributed by atoms with Gasteiger partial charge in [-0.3, -0.25) is 9.59 Å². The van der Waals surface area contributed by atoms with Crippen molar-refractivity contribution in [1.29, 1.82) is 0 Å². The minimum absolute atomic E-state index is 0.00136. The highest BCUT2D eigenvalue weighted by Gasteiger charge is 2.34. The Kier molecular flexibility index (Phi) is 5.02. The molecule has 0 saturated carbocycles. The summed E-state index contributed by atoms with van der Waals surface area (Å²) in [6.45, 7) is 6.03. The second-order valence-electron chi connectivity index (χ2n) is 6.34. The van der Waals surface area contributed by atoms with Gasteiger partial charge in [-0.2, -0.15) is 0 Å². The average Bonchev–Trinajstić information content (AvgIpc) is 2.84. The lowest BCUT2D eigenvalue weighted by molar-refractivity contribution is -0.139. The monoisotopic (exact) mass is 283 g/mol. The van der Waals surface area contributed by atoms with Gasteiger partial charge in [0, 0.05) is 19.5 Å². The molecule has 2 fully saturated rings. The molecule has 5 heteroatoms. The van der Waals surface area contributed by atoms with Crippen LogP contribution in [0.15, 0.2) is 0 Å². The first kappa shape index (κ1) is 15.3. The highest BCUT2D eigenvalue weighted by molar-refractivity contribution is 5.79. The Morgan fingerprint density at radius 1 is 1.45 bits per heavy atom. The van der Waals surface area contributed by atoms with Crippen molar-refractivity contribution in [3.05, 3.63) is 0 Å². The number of carbonyl (C=O) groups excluding carboxylic acids is 1. The molecule has 0 aliphatic carbocycles. The first-order valence-electron chi connectivity index (χ1n) is 7.59. The van der Waals surface area contributed by atoms with E-state index in [1.165, 1.54) is 0 Å². The molecule has 0 aromatic heterocycles. The number of amides is 1. The summed E-state index contributed by atoms with van der Waals surface area (Å²) < 4.78 is 5.48. The standard InChI is InChI=1S/C15H25NO4/c1-10(6-14(17)18)12-4-3-5-16(8-12)15(19)13-7-11(2)20-9-13/h10-13H,3-9H2,1-2H3,(H,17,18). The Morgan fingerprint density at radius 3 is 2.80 bits per heavy atom. The molecule has 20 heavy (non-hydrogen) atoms. The number of hydrogen-bond acceptors (Lipinski definition) is 3. The number of carboxylic acid groups (broad SMARTS) is 1. The van der Waals surface area contributed by atoms with Crippen molar-refractivity contribution < 1.29 is 19.4 Å². The molecule has 2 aliphatic rings. The fraction of sp³-hybridized carbons (Fsp3) is 0.867. The number of carboxylic acids is 1. The molecule has 1 N–H and O–H groups in total. The lowest BCUT2D eigenvalue weighted by Crippen LogP contribution is -2.44. The van der Waals surface area contributed by atoms with Gasteiger partial charge in [0.25, 0.3) is 0 Å². The number of piperidine rings is 1. The number of nitrogens with zero attached hydrogens (tertiary/aromatic N) is 1. The Hall–Kier alpha value is -1.10. The lowest BCUT2D eigenvalue weighted by atomic mass is 9.84. The molecule has 4 atom stereocenters. The maximum absolute atomic E-state index is 12.5. The van der Waals surface area contributed by atoms with Crippen LogP contribution < -0.4 is 0 Å². The Bertz CT molecular complexity index is 371. The third-order valence-corrected chi connectivity index (χ3v) is 4.62. The summed E-state index contributed by atoms with van der Waals surface area (Å²) in [5.41, 5.74) is 0. The zero-order valence-corrected chi connectivity index (χ0v) is 12.4. The van der Waals surface area contributed by atoms with Crippen LogP contribution in [0, 0.1) is 17.8 Å². The molecule has 114 valence electrons. The molecule has 2 rings (SSSR count). The van der Waals surface area contributed by atoms with Crippen LogP contribution in [-0.2, 0) is 14.3 Å². The summed E-state index contributed by atoms with van der Waals surface area (Å²) >= 11 is 0. The van der Waals surface area contributed by atoms with E-state index in [4.69, 9.17) is 9.84 Å². The molecule has 0 spiro atoms. The summed E-state index contributed by atoms with van der Waals surface area (Å²) in [5, 5.41) is 8.89. The number of likely N-dealkylation sites (tertiary alicyclic amines) is 1. The summed E-state index contributed by atoms with van der Waals surface area (Å²) in [5.74, 6) is -0.121. The van der Waals surface area contributed by atoms with Crippen molar-refractivity contribution in [1.82, 2.24) is 4.90 Å². The summed E-state index contributed by atoms with van der Waals surface area (Å²) in [6.07, 6.45) is 3.18. The smallest absolute Gasteiger partial charge is 0.303 e. The van der Waals surface area contributed by atoms with Crippen LogP contribution in [0.3, 0.4) is 0 Å². The maximum atomic E-state index is 12.5. The molecule has 4 unspecified atom stereocenters. The van der Waals surface area contributed by atoms with Gasteiger partial charge in [0.2, 0.25) is 5.91 Å². The Morgan fingerprint density at radius 2 is 2.20 bits per heavy atom. The second-order valence-corrected chi connectivity index (χ2v) is 6.34. The molecule has 0 radical (unpaired) electrons. The molecule has 2 heterocycles. The van der Waals surface area contributed by atoms with Gasteiger partial charge in [-0.1, -0.05) is 6.92 Å². The molecule has 0 aromatic rings. The zero-order valence-electron chi connectivity index (χ0n) is 12.4. The molecule has 0 aromatic carbocycles. The molecule has 5 nitrogen and oxygen atoms in total. The minimum Gasteiger partial charge on any atom is -0.481 e. The largest absolute Gasteiger partial charge is 0.481 e. The van der Waals surface area contributed by atoms with E-state index in [0.717, 1.165) is 25.8 Å². The van der Waals surface area contributed by atoms with E-state index in [2.05, 4.69) is 0 Å². The second kappa shape index (κ2) is 6.57. The van der Waals surface area contributed by atoms with E-state index in [1.807, 2.05) is 18.7 Å². The summed E-state index contributed by atoms with van der Waals surface area (Å²) in [7, 11) is 0. The lowest BCUT2D eigenvalue weighted by Gasteiger charge is -2.36. The number of hydrogen-bond donors (Lipinski definition) is 1. The normalized spacial score (nSPS) is 32.1. The number of rotatable bonds is 4. The van der Waals surface area contributed by atoms with E-state index in [-0.39, 0.29) is 30.3 Å². The first-order chi connectivity index (χ1) is 9.47. The fourth-order valence-corrected chi connectivity index (χ4v) is 3.36. The SMILES string of the molecule is CC1CC(C(=O)N2CCCC(C(C)CC(=O)O)C2)CO1. The van der Waals surface area contributed by atoms with Crippen molar-refractivity contribution in [3.8, 4) is 0 Å². The highest BCUT2D eigenvalue weighted by atomic mass is 16.5. The Labute approximate surface area is 120 Å². The third kappa shape index (κ3) is 3.72. The van der Waals surface area contributed by atoms with Crippen LogP contribution in [0.1, 0.15) is 39.5 Å². The summed E-state index contributed by atoms with van der Waals surface area (Å²) in [4.78, 5) is 25.2. The van der Waals surface area contributed by atoms with Gasteiger partial charge < -0.3 is 14.7 Å². The van der Waals surface area contributed by atoms with Crippen molar-refractivity contribution in [2.45, 2.75) is 45.6 Å². The molecule has 0 bridgehead atoms. The van der Waals surface area contributed by atoms with Gasteiger partial charge in [-0.05, 0) is 38.0 Å². The number of carbonyl (C=O) groups is 2. The van der Waals surface area contributed by atoms with E-state index in [9.17, 15) is 9.59 Å². The van der Waals surface area contributed by atoms with Crippen molar-refractivity contribution in [2.75, 3.05) is 19.7 Å². The average molecular weight is 283 g/mol. The van der Waals surface area contributed by atoms with Crippen molar-refractivity contribution in [3.63, 3.8) is 0 Å². The molecule has 2 saturated heterocycles. The predicted octanol–water partition coefficient (Wildman–Crippen LogP) is 1.76. The van der Waals surface area contributed by atoms with Crippen LogP contribution in [0.5, 0.6) is 0 Å². The Balaban J connectivity index is 1.89. The van der Waals surface area contributed by atoms with Gasteiger partial charge in [0.1, 0.15) is 0 Å². The van der Waals surface area contributed by atoms with Crippen LogP contribution in [-0.4, -0.2) is 47.7 Å². The van der Waals surface area contributed by atoms with E-state index >= 15 is 0 Å². The van der Waals surface area contributed by atoms with Gasteiger partial charge in [0.15, 0.2) is 0 Å². The number of aliphatic carboxylic acids is 1. The van der Waals surface area contributed by atoms with E-state index < -0.39 is 5.97 Å². The first-order valence-corrected chi connectivity index (χ1v) is 7.59. The van der Waals surface area contributed by atoms with Gasteiger partial charge in [-0.15, -0.1) is 0 Å². The van der Waals surface area contributed by atoms with Crippen LogP contribution in [0.4, 0.5) is 0 Å². The summed E-state index contributed by atoms with van der Waals surface area (Å²) in [6, 6.07) is 0. The third-order valence-electron chi connectivity index (χ3n) is 4.62. The predicted molar refractivity (Wildman–Crippen MR) is 74.2 cm³/mol. The van der Waals surface area contributed by atoms with E-state index in [1.54, 1.807) is 0 Å². The van der Waals surface area contributed by atoms with E-state index in [0.29, 0.717) is 19.1 Å². The van der Waals surface area contributed by atoms with Crippen LogP contribution >= 0.6 is 0 Å². The molecule has 2 aliphatic heterocycles. The molecular weight excluding hydrogens is 258 g/mol. The highest BCUT2D eigenvalue weighted by Crippen LogP contribution is 2.29. The number of ether oxygens (including phenoxy) is 1. The maximum Gasteiger partial charge on any atom is 0.303 e. The van der Waals surface area contributed by atoms with Crippen molar-refractivity contribution in [2.24, 2.45) is 17.8 Å². The molecule has 1 amide bonds. The van der Waals surface area contributed by atoms with Gasteiger partial charge >= 0.3 is 5.97 Å². The van der Waals surface area contributed by atoms with Crippen LogP contribution in [0.25, 0.3) is 0 Å². The zero-order chi connectivity index (χ0) is 14.7. The fourth-order valence-electron chi connectivity index (χ4n) is 3.36. The van der Waals surface area contributed by atoms with Gasteiger partial charge in [0.05, 0.1) is 18.6 Å². The molecular formula is C15H25NO4. The van der Waals surface area contributed by atoms with Gasteiger partial charge in [-0.25, -0.2) is 0 Å². The van der Waals surface area contributed by atoms with Crippen LogP contribution in [0.2, 0.25) is 0 Å².